The summed E-state index contributed by atoms with van der Waals surface area (Å²) in [4.78, 5) is 14.2. The third-order valence-corrected chi connectivity index (χ3v) is 4.43. The highest BCUT2D eigenvalue weighted by Gasteiger charge is 2.30. The van der Waals surface area contributed by atoms with E-state index in [1.807, 2.05) is 45.0 Å². The van der Waals surface area contributed by atoms with E-state index >= 15 is 0 Å². The molecule has 1 atom stereocenters. The molecule has 0 bridgehead atoms. The Balaban J connectivity index is 1.77. The summed E-state index contributed by atoms with van der Waals surface area (Å²) in [5.74, 6) is 0. The minimum Gasteiger partial charge on any atom is -0.444 e. The van der Waals surface area contributed by atoms with Gasteiger partial charge in [0.25, 0.3) is 0 Å². The van der Waals surface area contributed by atoms with Crippen molar-refractivity contribution in [2.75, 3.05) is 6.54 Å². The predicted molar refractivity (Wildman–Crippen MR) is 104 cm³/mol. The van der Waals surface area contributed by atoms with Crippen molar-refractivity contribution < 1.29 is 9.53 Å². The van der Waals surface area contributed by atoms with Gasteiger partial charge >= 0.3 is 6.09 Å². The van der Waals surface area contributed by atoms with Crippen molar-refractivity contribution in [3.63, 3.8) is 0 Å². The molecular weight excluding hydrogens is 324 g/mol. The monoisotopic (exact) mass is 348 g/mol. The van der Waals surface area contributed by atoms with Crippen LogP contribution in [-0.4, -0.2) is 29.2 Å². The van der Waals surface area contributed by atoms with Gasteiger partial charge in [0, 0.05) is 6.54 Å². The van der Waals surface area contributed by atoms with Gasteiger partial charge in [0.1, 0.15) is 5.60 Å². The van der Waals surface area contributed by atoms with E-state index in [0.717, 1.165) is 35.7 Å². The fraction of sp³-hybridized carbons (Fsp3) is 0.364. The van der Waals surface area contributed by atoms with E-state index in [1.54, 1.807) is 4.90 Å². The summed E-state index contributed by atoms with van der Waals surface area (Å²) in [6.07, 6.45) is 5.80. The highest BCUT2D eigenvalue weighted by Crippen LogP contribution is 2.23. The van der Waals surface area contributed by atoms with Gasteiger partial charge in [0.05, 0.1) is 17.7 Å². The highest BCUT2D eigenvalue weighted by atomic mass is 16.6. The van der Waals surface area contributed by atoms with Gasteiger partial charge in [-0.3, -0.25) is 0 Å². The number of carbonyl (C=O) groups excluding carboxylic acids is 1. The van der Waals surface area contributed by atoms with E-state index in [0.29, 0.717) is 5.56 Å². The molecule has 4 nitrogen and oxygen atoms in total. The summed E-state index contributed by atoms with van der Waals surface area (Å²) in [6, 6.07) is 14.1. The molecule has 0 aliphatic carbocycles. The van der Waals surface area contributed by atoms with Gasteiger partial charge in [-0.1, -0.05) is 30.4 Å². The van der Waals surface area contributed by atoms with Crippen molar-refractivity contribution in [2.45, 2.75) is 45.3 Å². The highest BCUT2D eigenvalue weighted by molar-refractivity contribution is 5.86. The van der Waals surface area contributed by atoms with Gasteiger partial charge in [0.15, 0.2) is 0 Å². The first-order valence-electron chi connectivity index (χ1n) is 8.97. The molecule has 2 aromatic rings. The first-order valence-corrected chi connectivity index (χ1v) is 8.97. The summed E-state index contributed by atoms with van der Waals surface area (Å²) >= 11 is 0. The van der Waals surface area contributed by atoms with Crippen LogP contribution in [-0.2, 0) is 4.74 Å². The van der Waals surface area contributed by atoms with Crippen molar-refractivity contribution in [1.82, 2.24) is 4.90 Å². The number of carbonyl (C=O) groups is 1. The Kier molecular flexibility index (Phi) is 4.99. The molecule has 1 fully saturated rings. The minimum atomic E-state index is -0.481. The molecule has 0 spiro atoms. The van der Waals surface area contributed by atoms with E-state index < -0.39 is 5.60 Å². The first-order chi connectivity index (χ1) is 12.4. The molecule has 26 heavy (non-hydrogen) atoms. The van der Waals surface area contributed by atoms with Crippen molar-refractivity contribution in [3.05, 3.63) is 53.6 Å². The quantitative estimate of drug-likeness (QED) is 0.756. The molecule has 3 rings (SSSR count). The van der Waals surface area contributed by atoms with Gasteiger partial charge in [0.2, 0.25) is 0 Å². The number of hydrogen-bond donors (Lipinski definition) is 0. The molecule has 1 saturated heterocycles. The van der Waals surface area contributed by atoms with Crippen LogP contribution in [0.4, 0.5) is 4.79 Å². The first kappa shape index (κ1) is 18.0. The number of amides is 1. The van der Waals surface area contributed by atoms with Gasteiger partial charge in [-0.2, -0.15) is 5.26 Å². The van der Waals surface area contributed by atoms with E-state index in [2.05, 4.69) is 30.3 Å². The van der Waals surface area contributed by atoms with Crippen LogP contribution in [0, 0.1) is 11.3 Å². The standard InChI is InChI=1S/C22H24N2O2/c1-22(2,3)26-21(25)24-12-4-5-20(24)11-8-16-6-9-18-10-7-17(15-23)14-19(18)13-16/h6-11,13-14,20H,4-5,12H2,1-3H3/t20-/m0/s1. The average Bonchev–Trinajstić information content (AvgIpc) is 3.06. The van der Waals surface area contributed by atoms with Crippen LogP contribution in [0.2, 0.25) is 0 Å². The van der Waals surface area contributed by atoms with E-state index in [9.17, 15) is 4.79 Å². The van der Waals surface area contributed by atoms with Crippen LogP contribution in [0.25, 0.3) is 16.8 Å². The zero-order valence-corrected chi connectivity index (χ0v) is 15.5. The Hall–Kier alpha value is -2.80. The van der Waals surface area contributed by atoms with Crippen LogP contribution < -0.4 is 0 Å². The number of benzene rings is 2. The van der Waals surface area contributed by atoms with Crippen molar-refractivity contribution in [3.8, 4) is 6.07 Å². The number of ether oxygens (including phenoxy) is 1. The van der Waals surface area contributed by atoms with Crippen LogP contribution in [0.3, 0.4) is 0 Å². The van der Waals surface area contributed by atoms with E-state index in [1.165, 1.54) is 0 Å². The SMILES string of the molecule is CC(C)(C)OC(=O)N1CCC[C@H]1C=Cc1ccc2ccc(C#N)cc2c1. The van der Waals surface area contributed by atoms with Crippen LogP contribution in [0.15, 0.2) is 42.5 Å². The summed E-state index contributed by atoms with van der Waals surface area (Å²) < 4.78 is 5.51. The largest absolute Gasteiger partial charge is 0.444 e. The van der Waals surface area contributed by atoms with Crippen molar-refractivity contribution in [2.24, 2.45) is 0 Å². The molecule has 4 heteroatoms. The maximum absolute atomic E-state index is 12.4. The fourth-order valence-corrected chi connectivity index (χ4v) is 3.20. The fourth-order valence-electron chi connectivity index (χ4n) is 3.20. The number of hydrogen-bond acceptors (Lipinski definition) is 3. The van der Waals surface area contributed by atoms with Gasteiger partial charge in [-0.25, -0.2) is 4.79 Å². The third-order valence-electron chi connectivity index (χ3n) is 4.43. The van der Waals surface area contributed by atoms with Crippen molar-refractivity contribution >= 4 is 22.9 Å². The maximum atomic E-state index is 12.4. The predicted octanol–water partition coefficient (Wildman–Crippen LogP) is 5.12. The van der Waals surface area contributed by atoms with Crippen LogP contribution in [0.1, 0.15) is 44.7 Å². The van der Waals surface area contributed by atoms with Gasteiger partial charge in [-0.15, -0.1) is 0 Å². The Bertz CT molecular complexity index is 887. The summed E-state index contributed by atoms with van der Waals surface area (Å²) in [5, 5.41) is 11.2. The lowest BCUT2D eigenvalue weighted by atomic mass is 10.0. The second-order valence-corrected chi connectivity index (χ2v) is 7.68. The molecule has 1 aliphatic heterocycles. The molecule has 0 radical (unpaired) electrons. The molecule has 1 aliphatic rings. The van der Waals surface area contributed by atoms with Gasteiger partial charge < -0.3 is 9.64 Å². The molecule has 1 amide bonds. The number of fused-ring (bicyclic) bond motifs is 1. The van der Waals surface area contributed by atoms with Crippen molar-refractivity contribution in [1.29, 1.82) is 5.26 Å². The Morgan fingerprint density at radius 3 is 2.73 bits per heavy atom. The Morgan fingerprint density at radius 1 is 1.23 bits per heavy atom. The van der Waals surface area contributed by atoms with E-state index in [4.69, 9.17) is 10.00 Å². The molecule has 2 aromatic carbocycles. The van der Waals surface area contributed by atoms with E-state index in [-0.39, 0.29) is 12.1 Å². The average molecular weight is 348 g/mol. The third kappa shape index (κ3) is 4.23. The zero-order valence-electron chi connectivity index (χ0n) is 15.5. The summed E-state index contributed by atoms with van der Waals surface area (Å²) in [5.41, 5.74) is 1.24. The second kappa shape index (κ2) is 7.21. The Morgan fingerprint density at radius 2 is 2.00 bits per heavy atom. The zero-order chi connectivity index (χ0) is 18.7. The smallest absolute Gasteiger partial charge is 0.410 e. The lowest BCUT2D eigenvalue weighted by Gasteiger charge is -2.27. The number of rotatable bonds is 2. The summed E-state index contributed by atoms with van der Waals surface area (Å²) in [6.45, 7) is 6.39. The maximum Gasteiger partial charge on any atom is 0.410 e. The summed E-state index contributed by atoms with van der Waals surface area (Å²) in [7, 11) is 0. The number of nitriles is 1. The molecular formula is C22H24N2O2. The molecule has 0 N–H and O–H groups in total. The molecule has 0 saturated carbocycles. The topological polar surface area (TPSA) is 53.3 Å². The Labute approximate surface area is 154 Å². The minimum absolute atomic E-state index is 0.0611. The lowest BCUT2D eigenvalue weighted by molar-refractivity contribution is 0.0256. The van der Waals surface area contributed by atoms with Crippen LogP contribution in [0.5, 0.6) is 0 Å². The molecule has 1 heterocycles. The number of likely N-dealkylation sites (tertiary alicyclic amines) is 1. The van der Waals surface area contributed by atoms with Gasteiger partial charge in [-0.05, 0) is 68.1 Å². The number of nitrogens with zero attached hydrogens (tertiary/aromatic N) is 2. The molecule has 0 unspecified atom stereocenters. The second-order valence-electron chi connectivity index (χ2n) is 7.68. The molecule has 134 valence electrons. The lowest BCUT2D eigenvalue weighted by Crippen LogP contribution is -2.39. The molecule has 0 aromatic heterocycles. The normalized spacial score (nSPS) is 17.6. The van der Waals surface area contributed by atoms with Crippen LogP contribution >= 0.6 is 0 Å².